The number of allylic oxidation sites excluding steroid dienone is 2. The highest BCUT2D eigenvalue weighted by molar-refractivity contribution is 6.27. The molecule has 1 amide bonds. The lowest BCUT2D eigenvalue weighted by Gasteiger charge is -2.16. The van der Waals surface area contributed by atoms with Gasteiger partial charge in [0.05, 0.1) is 17.0 Å². The Balaban J connectivity index is 2.38. The van der Waals surface area contributed by atoms with E-state index in [4.69, 9.17) is 11.5 Å². The van der Waals surface area contributed by atoms with Gasteiger partial charge in [0, 0.05) is 6.04 Å². The van der Waals surface area contributed by atoms with Crippen LogP contribution in [0.1, 0.15) is 31.0 Å². The second-order valence-corrected chi connectivity index (χ2v) is 6.38. The highest BCUT2D eigenvalue weighted by atomic mass is 19.1. The molecular formula is C23H25FN4O. The average molecular weight is 392 g/mol. The van der Waals surface area contributed by atoms with E-state index in [0.717, 1.165) is 5.56 Å². The van der Waals surface area contributed by atoms with Crippen LogP contribution in [0.2, 0.25) is 0 Å². The lowest BCUT2D eigenvalue weighted by atomic mass is 10.0. The molecule has 5 nitrogen and oxygen atoms in total. The number of nitrogens with zero attached hydrogens (tertiary/aromatic N) is 1. The molecule has 150 valence electrons. The Morgan fingerprint density at radius 3 is 2.31 bits per heavy atom. The first-order valence-electron chi connectivity index (χ1n) is 9.11. The maximum atomic E-state index is 13.2. The number of hydrogen-bond donors (Lipinski definition) is 3. The zero-order valence-corrected chi connectivity index (χ0v) is 16.5. The minimum Gasteiger partial charge on any atom is -0.396 e. The number of carbonyl (C=O) groups excluding carboxylic acids is 1. The molecule has 0 aliphatic carbocycles. The molecule has 0 aliphatic rings. The van der Waals surface area contributed by atoms with Crippen LogP contribution in [0.4, 0.5) is 4.39 Å². The highest BCUT2D eigenvalue weighted by Gasteiger charge is 2.16. The summed E-state index contributed by atoms with van der Waals surface area (Å²) in [5.41, 5.74) is 13.7. The number of halogens is 1. The molecule has 1 atom stereocenters. The van der Waals surface area contributed by atoms with Crippen LogP contribution in [-0.2, 0) is 4.79 Å². The van der Waals surface area contributed by atoms with E-state index in [1.54, 1.807) is 19.1 Å². The molecular weight excluding hydrogens is 367 g/mol. The third-order valence-corrected chi connectivity index (χ3v) is 4.19. The van der Waals surface area contributed by atoms with Crippen molar-refractivity contribution in [1.29, 1.82) is 0 Å². The van der Waals surface area contributed by atoms with Crippen molar-refractivity contribution in [3.8, 4) is 0 Å². The molecule has 0 spiro atoms. The second-order valence-electron chi connectivity index (χ2n) is 6.38. The Hall–Kier alpha value is -3.67. The highest BCUT2D eigenvalue weighted by Crippen LogP contribution is 2.19. The van der Waals surface area contributed by atoms with Crippen LogP contribution < -0.4 is 16.8 Å². The van der Waals surface area contributed by atoms with Gasteiger partial charge in [-0.2, -0.15) is 0 Å². The molecule has 0 aromatic heterocycles. The van der Waals surface area contributed by atoms with E-state index in [1.807, 2.05) is 37.3 Å². The van der Waals surface area contributed by atoms with Crippen molar-refractivity contribution in [1.82, 2.24) is 5.32 Å². The van der Waals surface area contributed by atoms with Crippen LogP contribution in [0, 0.1) is 5.82 Å². The van der Waals surface area contributed by atoms with Gasteiger partial charge in [0.1, 0.15) is 11.6 Å². The van der Waals surface area contributed by atoms with Crippen molar-refractivity contribution in [3.05, 3.63) is 102 Å². The van der Waals surface area contributed by atoms with Crippen molar-refractivity contribution in [3.63, 3.8) is 0 Å². The number of primary amides is 1. The van der Waals surface area contributed by atoms with Gasteiger partial charge in [-0.15, -0.1) is 0 Å². The predicted molar refractivity (Wildman–Crippen MR) is 116 cm³/mol. The van der Waals surface area contributed by atoms with Gasteiger partial charge < -0.3 is 16.8 Å². The number of aliphatic imine (C=N–C) groups is 1. The number of nitrogens with one attached hydrogen (secondary N) is 1. The molecule has 0 heterocycles. The van der Waals surface area contributed by atoms with Gasteiger partial charge in [0.2, 0.25) is 0 Å². The monoisotopic (exact) mass is 392 g/mol. The van der Waals surface area contributed by atoms with Gasteiger partial charge in [-0.1, -0.05) is 55.1 Å². The fourth-order valence-electron chi connectivity index (χ4n) is 2.77. The molecule has 2 aromatic rings. The van der Waals surface area contributed by atoms with E-state index < -0.39 is 11.7 Å². The normalized spacial score (nSPS) is 13.7. The summed E-state index contributed by atoms with van der Waals surface area (Å²) in [5.74, 6) is -0.783. The molecule has 0 fully saturated rings. The summed E-state index contributed by atoms with van der Waals surface area (Å²) in [5, 5.41) is 3.20. The van der Waals surface area contributed by atoms with E-state index in [2.05, 4.69) is 16.9 Å². The maximum absolute atomic E-state index is 13.2. The van der Waals surface area contributed by atoms with Crippen LogP contribution in [0.15, 0.2) is 89.8 Å². The topological polar surface area (TPSA) is 93.5 Å². The van der Waals surface area contributed by atoms with Gasteiger partial charge in [-0.25, -0.2) is 9.38 Å². The first-order valence-corrected chi connectivity index (χ1v) is 9.11. The summed E-state index contributed by atoms with van der Waals surface area (Å²) < 4.78 is 13.2. The molecule has 5 N–H and O–H groups in total. The van der Waals surface area contributed by atoms with Crippen LogP contribution in [0.3, 0.4) is 0 Å². The number of hydrogen-bond acceptors (Lipinski definition) is 4. The summed E-state index contributed by atoms with van der Waals surface area (Å²) in [6.07, 6.45) is 3.39. The largest absolute Gasteiger partial charge is 0.396 e. The molecule has 0 radical (unpaired) electrons. The van der Waals surface area contributed by atoms with E-state index in [0.29, 0.717) is 17.1 Å². The van der Waals surface area contributed by atoms with Gasteiger partial charge in [0.25, 0.3) is 5.91 Å². The number of amides is 1. The summed E-state index contributed by atoms with van der Waals surface area (Å²) in [7, 11) is 0. The van der Waals surface area contributed by atoms with Crippen LogP contribution in [0.5, 0.6) is 0 Å². The van der Waals surface area contributed by atoms with Gasteiger partial charge >= 0.3 is 0 Å². The fourth-order valence-corrected chi connectivity index (χ4v) is 2.77. The molecule has 0 saturated carbocycles. The van der Waals surface area contributed by atoms with Crippen LogP contribution >= 0.6 is 0 Å². The minimum atomic E-state index is -0.734. The zero-order chi connectivity index (χ0) is 21.4. The summed E-state index contributed by atoms with van der Waals surface area (Å²) in [6, 6.07) is 15.2. The number of benzene rings is 2. The Morgan fingerprint density at radius 2 is 1.76 bits per heavy atom. The smallest absolute Gasteiger partial charge is 0.251 e. The lowest BCUT2D eigenvalue weighted by molar-refractivity contribution is -0.112. The molecule has 29 heavy (non-hydrogen) atoms. The van der Waals surface area contributed by atoms with Gasteiger partial charge in [-0.05, 0) is 43.2 Å². The molecule has 2 aromatic carbocycles. The number of rotatable bonds is 8. The Labute approximate surface area is 170 Å². The molecule has 6 heteroatoms. The Morgan fingerprint density at radius 1 is 1.14 bits per heavy atom. The zero-order valence-electron chi connectivity index (χ0n) is 16.5. The maximum Gasteiger partial charge on any atom is 0.251 e. The molecule has 2 rings (SSSR count). The first kappa shape index (κ1) is 21.6. The lowest BCUT2D eigenvalue weighted by Crippen LogP contribution is -2.23. The number of carbonyl (C=O) groups is 1. The third kappa shape index (κ3) is 5.90. The van der Waals surface area contributed by atoms with Crippen molar-refractivity contribution < 1.29 is 9.18 Å². The van der Waals surface area contributed by atoms with E-state index >= 15 is 0 Å². The van der Waals surface area contributed by atoms with Crippen LogP contribution in [0.25, 0.3) is 5.57 Å². The van der Waals surface area contributed by atoms with Gasteiger partial charge in [0.15, 0.2) is 0 Å². The summed E-state index contributed by atoms with van der Waals surface area (Å²) >= 11 is 0. The van der Waals surface area contributed by atoms with Crippen molar-refractivity contribution in [2.45, 2.75) is 19.9 Å². The average Bonchev–Trinajstić information content (AvgIpc) is 2.69. The Kier molecular flexibility index (Phi) is 7.48. The predicted octanol–water partition coefficient (Wildman–Crippen LogP) is 3.82. The van der Waals surface area contributed by atoms with E-state index in [1.165, 1.54) is 24.3 Å². The fraction of sp³-hybridized carbons (Fsp3) is 0.130. The molecule has 0 bridgehead atoms. The van der Waals surface area contributed by atoms with Crippen molar-refractivity contribution >= 4 is 17.2 Å². The van der Waals surface area contributed by atoms with E-state index in [-0.39, 0.29) is 17.3 Å². The minimum absolute atomic E-state index is 0.0304. The standard InChI is InChI=1S/C23H25FN4O/c1-4-8-20(28-16(3)27-15(2)17-9-6-5-7-10-17)22(25)21(23(26)29)18-11-13-19(24)14-12-18/h4-15,27H,3,25H2,1-2H3,(H2,26,29)/b8-4-,22-21-,28-20+/t15-/m0/s1. The SMILES string of the molecule is C=C(/N=C(\C=C/C)C(/N)=C(/C(N)=O)c1ccc(F)cc1)N[C@@H](C)c1ccccc1. The van der Waals surface area contributed by atoms with E-state index in [9.17, 15) is 9.18 Å². The van der Waals surface area contributed by atoms with Crippen molar-refractivity contribution in [2.75, 3.05) is 0 Å². The van der Waals surface area contributed by atoms with Crippen LogP contribution in [-0.4, -0.2) is 11.6 Å². The molecule has 0 unspecified atom stereocenters. The molecule has 0 aliphatic heterocycles. The summed E-state index contributed by atoms with van der Waals surface area (Å²) in [6.45, 7) is 7.72. The Bertz CT molecular complexity index is 960. The third-order valence-electron chi connectivity index (χ3n) is 4.19. The summed E-state index contributed by atoms with van der Waals surface area (Å²) in [4.78, 5) is 16.5. The second kappa shape index (κ2) is 10.0. The number of nitrogens with two attached hydrogens (primary N) is 2. The van der Waals surface area contributed by atoms with Gasteiger partial charge in [-0.3, -0.25) is 4.79 Å². The quantitative estimate of drug-likeness (QED) is 0.471. The molecule has 0 saturated heterocycles. The first-order chi connectivity index (χ1) is 13.8. The van der Waals surface area contributed by atoms with Crippen molar-refractivity contribution in [2.24, 2.45) is 16.5 Å².